The predicted octanol–water partition coefficient (Wildman–Crippen LogP) is 8.95. The number of para-hydroxylation sites is 2. The molecule has 3 nitrogen and oxygen atoms in total. The summed E-state index contributed by atoms with van der Waals surface area (Å²) >= 11 is 0. The highest BCUT2D eigenvalue weighted by molar-refractivity contribution is 6.67. The van der Waals surface area contributed by atoms with Crippen LogP contribution in [0.4, 0.5) is 0 Å². The molecule has 8 heteroatoms. The van der Waals surface area contributed by atoms with Crippen molar-refractivity contribution in [2.45, 2.75) is 10.3 Å². The number of pyridine rings is 1. The van der Waals surface area contributed by atoms with Crippen LogP contribution >= 0.6 is 0 Å². The highest BCUT2D eigenvalue weighted by atomic mass is 15.1. The van der Waals surface area contributed by atoms with Crippen LogP contribution in [0.25, 0.3) is 82.4 Å². The SMILES string of the molecule is [B]C([B])([B])C([B])([B])c1nc2ccccc2n1-c1ccc(-c2c3ccccc3c(-c3ccccc3-c3ccncc3)c3ccccc23)c2ccccc12. The van der Waals surface area contributed by atoms with E-state index in [1.165, 1.54) is 5.56 Å². The summed E-state index contributed by atoms with van der Waals surface area (Å²) in [5, 5.41) is 2.80. The first kappa shape index (κ1) is 32.2. The van der Waals surface area contributed by atoms with Crippen molar-refractivity contribution in [2.75, 3.05) is 0 Å². The predicted molar refractivity (Wildman–Crippen MR) is 221 cm³/mol. The van der Waals surface area contributed by atoms with E-state index in [4.69, 9.17) is 44.2 Å². The van der Waals surface area contributed by atoms with Crippen LogP contribution < -0.4 is 0 Å². The van der Waals surface area contributed by atoms with Crippen molar-refractivity contribution in [2.24, 2.45) is 0 Å². The van der Waals surface area contributed by atoms with E-state index in [0.29, 0.717) is 5.52 Å². The summed E-state index contributed by atoms with van der Waals surface area (Å²) in [6.07, 6.45) is 3.68. The number of hydrogen-bond acceptors (Lipinski definition) is 2. The van der Waals surface area contributed by atoms with E-state index in [2.05, 4.69) is 120 Å². The molecule has 0 fully saturated rings. The molecule has 9 rings (SSSR count). The lowest BCUT2D eigenvalue weighted by Crippen LogP contribution is -2.45. The highest BCUT2D eigenvalue weighted by Gasteiger charge is 2.37. The third kappa shape index (κ3) is 4.96. The van der Waals surface area contributed by atoms with Gasteiger partial charge in [-0.05, 0) is 90.6 Å². The van der Waals surface area contributed by atoms with Crippen LogP contribution in [-0.4, -0.2) is 53.8 Å². The minimum absolute atomic E-state index is 0.257. The summed E-state index contributed by atoms with van der Waals surface area (Å²) < 4.78 is 1.93. The van der Waals surface area contributed by atoms with Gasteiger partial charge in [0.1, 0.15) is 5.82 Å². The van der Waals surface area contributed by atoms with Gasteiger partial charge in [-0.2, -0.15) is 0 Å². The molecule has 9 aromatic rings. The van der Waals surface area contributed by atoms with E-state index in [0.717, 1.165) is 71.3 Å². The average Bonchev–Trinajstić information content (AvgIpc) is 3.57. The summed E-state index contributed by atoms with van der Waals surface area (Å²) in [7, 11) is 31.8. The summed E-state index contributed by atoms with van der Waals surface area (Å²) in [6.45, 7) is 0. The second-order valence-electron chi connectivity index (χ2n) is 13.4. The number of aromatic nitrogens is 3. The van der Waals surface area contributed by atoms with Gasteiger partial charge >= 0.3 is 0 Å². The number of nitrogens with zero attached hydrogens (tertiary/aromatic N) is 3. The fourth-order valence-electron chi connectivity index (χ4n) is 7.63. The number of benzene rings is 7. The molecule has 0 bridgehead atoms. The molecule has 0 spiro atoms. The Bertz CT molecular complexity index is 2760. The molecule has 10 radical (unpaired) electrons. The van der Waals surface area contributed by atoms with Crippen LogP contribution in [0.3, 0.4) is 0 Å². The maximum atomic E-state index is 6.63. The van der Waals surface area contributed by atoms with Gasteiger partial charge in [0.15, 0.2) is 0 Å². The smallest absolute Gasteiger partial charge is 0.101 e. The van der Waals surface area contributed by atoms with Gasteiger partial charge in [-0.25, -0.2) is 4.98 Å². The molecule has 2 aromatic heterocycles. The van der Waals surface area contributed by atoms with Crippen LogP contribution in [0.1, 0.15) is 5.82 Å². The van der Waals surface area contributed by atoms with Crippen LogP contribution in [0.5, 0.6) is 0 Å². The lowest BCUT2D eigenvalue weighted by atomic mass is 9.23. The second kappa shape index (κ2) is 12.2. The fourth-order valence-corrected chi connectivity index (χ4v) is 7.63. The molecular formula is C44H26B5N3. The van der Waals surface area contributed by atoms with Gasteiger partial charge in [0.05, 0.1) is 56.0 Å². The van der Waals surface area contributed by atoms with Gasteiger partial charge in [0.25, 0.3) is 0 Å². The Hall–Kier alpha value is -5.74. The summed E-state index contributed by atoms with van der Waals surface area (Å²) in [6, 6.07) is 50.4. The monoisotopic (exact) mass is 651 g/mol. The largest absolute Gasteiger partial charge is 0.296 e. The van der Waals surface area contributed by atoms with E-state index >= 15 is 0 Å². The third-order valence-electron chi connectivity index (χ3n) is 10.2. The van der Waals surface area contributed by atoms with E-state index in [-0.39, 0.29) is 5.82 Å². The zero-order chi connectivity index (χ0) is 35.6. The minimum Gasteiger partial charge on any atom is -0.296 e. The lowest BCUT2D eigenvalue weighted by molar-refractivity contribution is 0.758. The first-order valence-corrected chi connectivity index (χ1v) is 17.1. The zero-order valence-corrected chi connectivity index (χ0v) is 28.2. The Balaban J connectivity index is 1.36. The van der Waals surface area contributed by atoms with Crippen LogP contribution in [0.15, 0.2) is 158 Å². The van der Waals surface area contributed by atoms with Gasteiger partial charge in [-0.1, -0.05) is 120 Å². The molecule has 0 aliphatic carbocycles. The van der Waals surface area contributed by atoms with Crippen molar-refractivity contribution in [3.8, 4) is 39.1 Å². The number of hydrogen-bond donors (Lipinski definition) is 0. The van der Waals surface area contributed by atoms with E-state index in [1.54, 1.807) is 0 Å². The van der Waals surface area contributed by atoms with Crippen molar-refractivity contribution >= 4 is 82.6 Å². The molecule has 232 valence electrons. The molecule has 0 N–H and O–H groups in total. The number of rotatable bonds is 6. The number of fused-ring (bicyclic) bond motifs is 4. The average molecular weight is 651 g/mol. The Kier molecular flexibility index (Phi) is 7.55. The normalized spacial score (nSPS) is 12.2. The quantitative estimate of drug-likeness (QED) is 0.133. The fraction of sp³-hybridized carbons (Fsp3) is 0.0455. The first-order chi connectivity index (χ1) is 25.2. The third-order valence-corrected chi connectivity index (χ3v) is 10.2. The molecule has 0 amide bonds. The molecule has 0 saturated carbocycles. The molecule has 0 atom stereocenters. The summed E-state index contributed by atoms with van der Waals surface area (Å²) in [4.78, 5) is 9.11. The molecule has 7 aromatic carbocycles. The van der Waals surface area contributed by atoms with Crippen molar-refractivity contribution < 1.29 is 0 Å². The van der Waals surface area contributed by atoms with Crippen LogP contribution in [-0.2, 0) is 5.21 Å². The van der Waals surface area contributed by atoms with Crippen molar-refractivity contribution in [3.05, 3.63) is 164 Å². The zero-order valence-electron chi connectivity index (χ0n) is 28.2. The molecule has 0 saturated heterocycles. The van der Waals surface area contributed by atoms with Gasteiger partial charge in [0, 0.05) is 17.8 Å². The van der Waals surface area contributed by atoms with Gasteiger partial charge in [-0.3, -0.25) is 9.55 Å². The standard InChI is InChI=1S/C44H26B5N3/c45-43(46,44(47,48)49)42-51-37-19-9-10-20-39(37)52(42)38-22-21-36(29-12-2-3-13-30(29)38)41-34-17-7-5-15-32(34)40(33-16-6-8-18-35(33)41)31-14-4-1-11-28(31)27-23-25-50-26-24-27/h1-26H. The van der Waals surface area contributed by atoms with Crippen LogP contribution in [0, 0.1) is 0 Å². The maximum Gasteiger partial charge on any atom is 0.101 e. The first-order valence-electron chi connectivity index (χ1n) is 17.1. The van der Waals surface area contributed by atoms with Gasteiger partial charge < -0.3 is 0 Å². The minimum atomic E-state index is -1.96. The van der Waals surface area contributed by atoms with Crippen molar-refractivity contribution in [1.29, 1.82) is 0 Å². The van der Waals surface area contributed by atoms with Crippen molar-refractivity contribution in [1.82, 2.24) is 14.5 Å². The van der Waals surface area contributed by atoms with Gasteiger partial charge in [-0.15, -0.1) is 5.11 Å². The molecule has 2 heterocycles. The highest BCUT2D eigenvalue weighted by Crippen LogP contribution is 2.48. The molecule has 0 aliphatic heterocycles. The van der Waals surface area contributed by atoms with Gasteiger partial charge in [0.2, 0.25) is 0 Å². The Labute approximate surface area is 309 Å². The second-order valence-corrected chi connectivity index (χ2v) is 13.4. The summed E-state index contributed by atoms with van der Waals surface area (Å²) in [5.41, 5.74) is 9.16. The Morgan fingerprint density at radius 3 is 1.56 bits per heavy atom. The Morgan fingerprint density at radius 2 is 0.942 bits per heavy atom. The maximum absolute atomic E-state index is 6.63. The van der Waals surface area contributed by atoms with Crippen molar-refractivity contribution in [3.63, 3.8) is 0 Å². The molecule has 52 heavy (non-hydrogen) atoms. The van der Waals surface area contributed by atoms with E-state index in [9.17, 15) is 0 Å². The lowest BCUT2D eigenvalue weighted by Gasteiger charge is -2.41. The Morgan fingerprint density at radius 1 is 0.442 bits per heavy atom. The van der Waals surface area contributed by atoms with E-state index in [1.807, 2.05) is 47.3 Å². The molecule has 0 unspecified atom stereocenters. The topological polar surface area (TPSA) is 30.7 Å². The number of imidazole rings is 1. The molecule has 0 aliphatic rings. The van der Waals surface area contributed by atoms with E-state index < -0.39 is 10.3 Å². The molecular weight excluding hydrogens is 625 g/mol. The van der Waals surface area contributed by atoms with Crippen LogP contribution in [0.2, 0.25) is 5.11 Å². The summed E-state index contributed by atoms with van der Waals surface area (Å²) in [5.74, 6) is 0.257.